The summed E-state index contributed by atoms with van der Waals surface area (Å²) in [6.07, 6.45) is 4.16. The van der Waals surface area contributed by atoms with Gasteiger partial charge in [0, 0.05) is 18.5 Å². The van der Waals surface area contributed by atoms with E-state index in [1.54, 1.807) is 6.07 Å². The zero-order valence-corrected chi connectivity index (χ0v) is 11.3. The molecule has 0 amide bonds. The van der Waals surface area contributed by atoms with Crippen molar-refractivity contribution in [2.45, 2.75) is 25.7 Å². The third-order valence-electron chi connectivity index (χ3n) is 3.58. The fraction of sp³-hybridized carbons (Fsp3) is 0.533. The number of hydrogen-bond acceptors (Lipinski definition) is 3. The van der Waals surface area contributed by atoms with Crippen LogP contribution in [-0.4, -0.2) is 37.4 Å². The average molecular weight is 265 g/mol. The first kappa shape index (κ1) is 14.0. The summed E-state index contributed by atoms with van der Waals surface area (Å²) in [5, 5.41) is 0. The Kier molecular flexibility index (Phi) is 4.91. The third-order valence-corrected chi connectivity index (χ3v) is 3.58. The van der Waals surface area contributed by atoms with Crippen LogP contribution in [-0.2, 0) is 0 Å². The predicted octanol–water partition coefficient (Wildman–Crippen LogP) is 2.89. The van der Waals surface area contributed by atoms with E-state index in [2.05, 4.69) is 4.90 Å². The molecule has 0 unspecified atom stereocenters. The Hall–Kier alpha value is -1.42. The number of ether oxygens (including phenoxy) is 1. The molecule has 0 aromatic heterocycles. The molecular formula is C15H20FNO2. The summed E-state index contributed by atoms with van der Waals surface area (Å²) in [4.78, 5) is 14.3. The topological polar surface area (TPSA) is 29.5 Å². The lowest BCUT2D eigenvalue weighted by molar-refractivity contribution is 0.0958. The molecule has 1 heterocycles. The largest absolute Gasteiger partial charge is 0.494 e. The monoisotopic (exact) mass is 265 g/mol. The average Bonchev–Trinajstić information content (AvgIpc) is 2.45. The van der Waals surface area contributed by atoms with Gasteiger partial charge in [0.15, 0.2) is 17.3 Å². The second-order valence-corrected chi connectivity index (χ2v) is 4.92. The first-order chi connectivity index (χ1) is 9.20. The zero-order valence-electron chi connectivity index (χ0n) is 11.3. The number of rotatable bonds is 5. The lowest BCUT2D eigenvalue weighted by Gasteiger charge is -2.25. The van der Waals surface area contributed by atoms with Crippen LogP contribution >= 0.6 is 0 Å². The summed E-state index contributed by atoms with van der Waals surface area (Å²) in [6, 6.07) is 4.39. The summed E-state index contributed by atoms with van der Waals surface area (Å²) in [5.74, 6) is -0.314. The molecule has 2 rings (SSSR count). The molecule has 19 heavy (non-hydrogen) atoms. The van der Waals surface area contributed by atoms with E-state index in [-0.39, 0.29) is 11.5 Å². The minimum absolute atomic E-state index is 0.00729. The van der Waals surface area contributed by atoms with E-state index in [9.17, 15) is 9.18 Å². The zero-order chi connectivity index (χ0) is 13.7. The molecule has 0 atom stereocenters. The molecule has 104 valence electrons. The first-order valence-corrected chi connectivity index (χ1v) is 6.80. The van der Waals surface area contributed by atoms with E-state index < -0.39 is 5.82 Å². The smallest absolute Gasteiger partial charge is 0.165 e. The minimum atomic E-state index is -0.480. The molecule has 0 bridgehead atoms. The number of hydrogen-bond donors (Lipinski definition) is 0. The highest BCUT2D eigenvalue weighted by atomic mass is 19.1. The minimum Gasteiger partial charge on any atom is -0.494 e. The van der Waals surface area contributed by atoms with Crippen LogP contribution in [0.4, 0.5) is 4.39 Å². The van der Waals surface area contributed by atoms with Crippen LogP contribution in [0.5, 0.6) is 5.75 Å². The molecule has 1 fully saturated rings. The Labute approximate surface area is 113 Å². The molecule has 1 saturated heterocycles. The number of halogens is 1. The van der Waals surface area contributed by atoms with Gasteiger partial charge in [-0.15, -0.1) is 0 Å². The SMILES string of the molecule is COc1ccc(C(=O)CCN2CCCCC2)cc1F. The van der Waals surface area contributed by atoms with Gasteiger partial charge in [-0.25, -0.2) is 4.39 Å². The van der Waals surface area contributed by atoms with Crippen molar-refractivity contribution in [2.75, 3.05) is 26.7 Å². The number of nitrogens with zero attached hydrogens (tertiary/aromatic N) is 1. The maximum atomic E-state index is 13.5. The molecule has 0 N–H and O–H groups in total. The van der Waals surface area contributed by atoms with Gasteiger partial charge >= 0.3 is 0 Å². The number of ketones is 1. The highest BCUT2D eigenvalue weighted by Gasteiger charge is 2.14. The van der Waals surface area contributed by atoms with E-state index in [1.165, 1.54) is 38.5 Å². The second-order valence-electron chi connectivity index (χ2n) is 4.92. The standard InChI is InChI=1S/C15H20FNO2/c1-19-15-6-5-12(11-13(15)16)14(18)7-10-17-8-3-2-4-9-17/h5-6,11H,2-4,7-10H2,1H3. The molecule has 3 nitrogen and oxygen atoms in total. The number of piperidine rings is 1. The van der Waals surface area contributed by atoms with Crippen LogP contribution in [0, 0.1) is 5.82 Å². The lowest BCUT2D eigenvalue weighted by atomic mass is 10.1. The van der Waals surface area contributed by atoms with Crippen molar-refractivity contribution in [3.05, 3.63) is 29.6 Å². The summed E-state index contributed by atoms with van der Waals surface area (Å²) < 4.78 is 18.4. The molecule has 0 spiro atoms. The van der Waals surface area contributed by atoms with Crippen LogP contribution in [0.1, 0.15) is 36.0 Å². The lowest BCUT2D eigenvalue weighted by Crippen LogP contribution is -2.31. The summed E-state index contributed by atoms with van der Waals surface area (Å²) >= 11 is 0. The van der Waals surface area contributed by atoms with Crippen molar-refractivity contribution < 1.29 is 13.9 Å². The van der Waals surface area contributed by atoms with Gasteiger partial charge in [-0.3, -0.25) is 4.79 Å². The van der Waals surface area contributed by atoms with Gasteiger partial charge in [-0.05, 0) is 44.1 Å². The molecule has 0 radical (unpaired) electrons. The molecule has 0 aliphatic carbocycles. The number of carbonyl (C=O) groups is 1. The highest BCUT2D eigenvalue weighted by Crippen LogP contribution is 2.19. The highest BCUT2D eigenvalue weighted by molar-refractivity contribution is 5.96. The van der Waals surface area contributed by atoms with Gasteiger partial charge in [0.1, 0.15) is 0 Å². The molecule has 1 aromatic rings. The third kappa shape index (κ3) is 3.77. The van der Waals surface area contributed by atoms with Gasteiger partial charge < -0.3 is 9.64 Å². The molecule has 1 aliphatic heterocycles. The molecule has 1 aromatic carbocycles. The van der Waals surface area contributed by atoms with Crippen molar-refractivity contribution in [1.82, 2.24) is 4.90 Å². The van der Waals surface area contributed by atoms with Crippen molar-refractivity contribution in [2.24, 2.45) is 0 Å². The summed E-state index contributed by atoms with van der Waals surface area (Å²) in [5.41, 5.74) is 0.426. The normalized spacial score (nSPS) is 16.3. The fourth-order valence-electron chi connectivity index (χ4n) is 2.43. The number of carbonyl (C=O) groups excluding carboxylic acids is 1. The van der Waals surface area contributed by atoms with Crippen molar-refractivity contribution in [3.8, 4) is 5.75 Å². The number of likely N-dealkylation sites (tertiary alicyclic amines) is 1. The number of Topliss-reactive ketones (excluding diaryl/α,β-unsaturated/α-hetero) is 1. The quantitative estimate of drug-likeness (QED) is 0.767. The van der Waals surface area contributed by atoms with Gasteiger partial charge in [0.25, 0.3) is 0 Å². The van der Waals surface area contributed by atoms with E-state index in [1.807, 2.05) is 0 Å². The van der Waals surface area contributed by atoms with Gasteiger partial charge in [0.05, 0.1) is 7.11 Å². The molecule has 0 saturated carbocycles. The Morgan fingerprint density at radius 2 is 2.05 bits per heavy atom. The Bertz CT molecular complexity index is 442. The summed E-state index contributed by atoms with van der Waals surface area (Å²) in [6.45, 7) is 2.92. The van der Waals surface area contributed by atoms with E-state index in [0.29, 0.717) is 12.0 Å². The molecular weight excluding hydrogens is 245 g/mol. The Morgan fingerprint density at radius 1 is 1.32 bits per heavy atom. The Balaban J connectivity index is 1.90. The predicted molar refractivity (Wildman–Crippen MR) is 72.2 cm³/mol. The van der Waals surface area contributed by atoms with Gasteiger partial charge in [-0.1, -0.05) is 6.42 Å². The maximum absolute atomic E-state index is 13.5. The van der Waals surface area contributed by atoms with E-state index in [4.69, 9.17) is 4.74 Å². The fourth-order valence-corrected chi connectivity index (χ4v) is 2.43. The van der Waals surface area contributed by atoms with Crippen LogP contribution in [0.2, 0.25) is 0 Å². The first-order valence-electron chi connectivity index (χ1n) is 6.80. The Morgan fingerprint density at radius 3 is 2.68 bits per heavy atom. The van der Waals surface area contributed by atoms with Gasteiger partial charge in [0.2, 0.25) is 0 Å². The van der Waals surface area contributed by atoms with Crippen molar-refractivity contribution in [3.63, 3.8) is 0 Å². The van der Waals surface area contributed by atoms with Crippen molar-refractivity contribution in [1.29, 1.82) is 0 Å². The molecule has 1 aliphatic rings. The van der Waals surface area contributed by atoms with E-state index >= 15 is 0 Å². The maximum Gasteiger partial charge on any atom is 0.165 e. The van der Waals surface area contributed by atoms with Crippen LogP contribution in [0.25, 0.3) is 0 Å². The van der Waals surface area contributed by atoms with Gasteiger partial charge in [-0.2, -0.15) is 0 Å². The number of methoxy groups -OCH3 is 1. The van der Waals surface area contributed by atoms with Crippen LogP contribution in [0.3, 0.4) is 0 Å². The number of benzene rings is 1. The van der Waals surface area contributed by atoms with Crippen LogP contribution < -0.4 is 4.74 Å². The molecule has 4 heteroatoms. The van der Waals surface area contributed by atoms with Crippen molar-refractivity contribution >= 4 is 5.78 Å². The van der Waals surface area contributed by atoms with E-state index in [0.717, 1.165) is 19.6 Å². The second kappa shape index (κ2) is 6.66. The van der Waals surface area contributed by atoms with Crippen LogP contribution in [0.15, 0.2) is 18.2 Å². The summed E-state index contributed by atoms with van der Waals surface area (Å²) in [7, 11) is 1.41.